The van der Waals surface area contributed by atoms with Crippen molar-refractivity contribution in [2.24, 2.45) is 0 Å². The molecule has 4 rings (SSSR count). The Kier molecular flexibility index (Phi) is 4.29. The molecule has 0 N–H and O–H groups in total. The molecule has 5 nitrogen and oxygen atoms in total. The molecule has 3 aromatic rings. The number of aryl methyl sites for hydroxylation is 2. The Morgan fingerprint density at radius 1 is 1.12 bits per heavy atom. The van der Waals surface area contributed by atoms with Crippen molar-refractivity contribution in [2.45, 2.75) is 32.7 Å². The van der Waals surface area contributed by atoms with Crippen LogP contribution in [0.2, 0.25) is 0 Å². The first-order valence-corrected chi connectivity index (χ1v) is 8.90. The van der Waals surface area contributed by atoms with E-state index in [4.69, 9.17) is 4.52 Å². The highest BCUT2D eigenvalue weighted by molar-refractivity contribution is 5.95. The van der Waals surface area contributed by atoms with Crippen molar-refractivity contribution >= 4 is 5.91 Å². The van der Waals surface area contributed by atoms with E-state index in [2.05, 4.69) is 16.2 Å². The first-order valence-electron chi connectivity index (χ1n) is 8.90. The molecular weight excluding hydrogens is 326 g/mol. The molecule has 2 aromatic carbocycles. The molecule has 0 aliphatic carbocycles. The van der Waals surface area contributed by atoms with E-state index < -0.39 is 0 Å². The highest BCUT2D eigenvalue weighted by Crippen LogP contribution is 2.33. The summed E-state index contributed by atoms with van der Waals surface area (Å²) in [7, 11) is 0. The van der Waals surface area contributed by atoms with Gasteiger partial charge in [-0.05, 0) is 38.8 Å². The van der Waals surface area contributed by atoms with Crippen LogP contribution in [-0.2, 0) is 0 Å². The fraction of sp³-hybridized carbons (Fsp3) is 0.286. The van der Waals surface area contributed by atoms with Gasteiger partial charge < -0.3 is 9.42 Å². The number of hydrogen-bond donors (Lipinski definition) is 0. The van der Waals surface area contributed by atoms with Crippen molar-refractivity contribution in [3.63, 3.8) is 0 Å². The number of nitrogens with zero attached hydrogens (tertiary/aromatic N) is 3. The predicted molar refractivity (Wildman–Crippen MR) is 98.7 cm³/mol. The molecule has 26 heavy (non-hydrogen) atoms. The summed E-state index contributed by atoms with van der Waals surface area (Å²) in [5, 5.41) is 4.10. The first-order chi connectivity index (χ1) is 12.6. The summed E-state index contributed by atoms with van der Waals surface area (Å²) in [5.41, 5.74) is 3.81. The van der Waals surface area contributed by atoms with E-state index in [9.17, 15) is 4.79 Å². The molecule has 1 atom stereocenters. The Morgan fingerprint density at radius 2 is 1.85 bits per heavy atom. The fourth-order valence-corrected chi connectivity index (χ4v) is 3.61. The van der Waals surface area contributed by atoms with E-state index in [1.807, 2.05) is 61.2 Å². The van der Waals surface area contributed by atoms with E-state index in [1.165, 1.54) is 0 Å². The average Bonchev–Trinajstić information content (AvgIpc) is 3.30. The van der Waals surface area contributed by atoms with Gasteiger partial charge in [0.2, 0.25) is 11.7 Å². The van der Waals surface area contributed by atoms with Gasteiger partial charge in [0.05, 0.1) is 0 Å². The maximum absolute atomic E-state index is 13.0. The van der Waals surface area contributed by atoms with Crippen LogP contribution in [0.4, 0.5) is 0 Å². The molecule has 5 heteroatoms. The molecule has 132 valence electrons. The predicted octanol–water partition coefficient (Wildman–Crippen LogP) is 4.33. The van der Waals surface area contributed by atoms with Gasteiger partial charge >= 0.3 is 0 Å². The van der Waals surface area contributed by atoms with Crippen LogP contribution in [0.15, 0.2) is 53.1 Å². The van der Waals surface area contributed by atoms with Gasteiger partial charge in [-0.15, -0.1) is 0 Å². The molecule has 1 saturated heterocycles. The van der Waals surface area contributed by atoms with E-state index in [-0.39, 0.29) is 11.9 Å². The van der Waals surface area contributed by atoms with Crippen molar-refractivity contribution in [1.82, 2.24) is 15.0 Å². The van der Waals surface area contributed by atoms with Crippen molar-refractivity contribution < 1.29 is 9.32 Å². The Morgan fingerprint density at radius 3 is 2.58 bits per heavy atom. The summed E-state index contributed by atoms with van der Waals surface area (Å²) < 4.78 is 5.51. The number of carbonyl (C=O) groups excluding carboxylic acids is 1. The SMILES string of the molecule is Cc1cc(C)cc(C(=O)N2CCC[C@@H]2c2nc(-c3ccccc3)no2)c1. The quantitative estimate of drug-likeness (QED) is 0.707. The summed E-state index contributed by atoms with van der Waals surface area (Å²) >= 11 is 0. The Bertz CT molecular complexity index is 913. The second kappa shape index (κ2) is 6.75. The number of likely N-dealkylation sites (tertiary alicyclic amines) is 1. The number of rotatable bonds is 3. The lowest BCUT2D eigenvalue weighted by Crippen LogP contribution is -2.30. The van der Waals surface area contributed by atoms with Gasteiger partial charge in [-0.3, -0.25) is 4.79 Å². The zero-order valence-corrected chi connectivity index (χ0v) is 15.0. The molecule has 2 heterocycles. The molecule has 0 spiro atoms. The second-order valence-corrected chi connectivity index (χ2v) is 6.86. The summed E-state index contributed by atoms with van der Waals surface area (Å²) in [6, 6.07) is 15.5. The molecule has 0 bridgehead atoms. The van der Waals surface area contributed by atoms with E-state index in [0.717, 1.165) is 35.1 Å². The Labute approximate surface area is 152 Å². The molecule has 1 fully saturated rings. The maximum atomic E-state index is 13.0. The van der Waals surface area contributed by atoms with E-state index >= 15 is 0 Å². The fourth-order valence-electron chi connectivity index (χ4n) is 3.61. The van der Waals surface area contributed by atoms with Gasteiger partial charge in [-0.2, -0.15) is 4.98 Å². The van der Waals surface area contributed by atoms with Crippen LogP contribution in [0.25, 0.3) is 11.4 Å². The number of carbonyl (C=O) groups is 1. The van der Waals surface area contributed by atoms with Crippen LogP contribution in [0, 0.1) is 13.8 Å². The van der Waals surface area contributed by atoms with Gasteiger partial charge in [-0.25, -0.2) is 0 Å². The van der Waals surface area contributed by atoms with Crippen LogP contribution in [0.5, 0.6) is 0 Å². The summed E-state index contributed by atoms with van der Waals surface area (Å²) in [4.78, 5) is 19.5. The molecule has 1 amide bonds. The number of benzene rings is 2. The first kappa shape index (κ1) is 16.5. The lowest BCUT2D eigenvalue weighted by molar-refractivity contribution is 0.0710. The van der Waals surface area contributed by atoms with Gasteiger partial charge in [0.25, 0.3) is 5.91 Å². The Balaban J connectivity index is 1.61. The topological polar surface area (TPSA) is 59.2 Å². The smallest absolute Gasteiger partial charge is 0.254 e. The minimum Gasteiger partial charge on any atom is -0.337 e. The standard InChI is InChI=1S/C21H21N3O2/c1-14-11-15(2)13-17(12-14)21(25)24-10-6-9-18(24)20-22-19(23-26-20)16-7-4-3-5-8-16/h3-5,7-8,11-13,18H,6,9-10H2,1-2H3/t18-/m1/s1. The van der Waals surface area contributed by atoms with Crippen molar-refractivity contribution in [2.75, 3.05) is 6.54 Å². The van der Waals surface area contributed by atoms with Crippen molar-refractivity contribution in [1.29, 1.82) is 0 Å². The lowest BCUT2D eigenvalue weighted by atomic mass is 10.1. The van der Waals surface area contributed by atoms with Crippen LogP contribution in [-0.4, -0.2) is 27.5 Å². The normalized spacial score (nSPS) is 16.8. The number of aromatic nitrogens is 2. The van der Waals surface area contributed by atoms with Crippen LogP contribution in [0.3, 0.4) is 0 Å². The molecule has 0 radical (unpaired) electrons. The molecule has 1 aromatic heterocycles. The minimum atomic E-state index is -0.159. The monoisotopic (exact) mass is 347 g/mol. The largest absolute Gasteiger partial charge is 0.337 e. The highest BCUT2D eigenvalue weighted by Gasteiger charge is 2.34. The summed E-state index contributed by atoms with van der Waals surface area (Å²) in [6.45, 7) is 4.73. The van der Waals surface area contributed by atoms with Crippen LogP contribution >= 0.6 is 0 Å². The third-order valence-electron chi connectivity index (χ3n) is 4.74. The summed E-state index contributed by atoms with van der Waals surface area (Å²) in [6.07, 6.45) is 1.78. The number of hydrogen-bond acceptors (Lipinski definition) is 4. The number of amides is 1. The molecule has 1 aliphatic heterocycles. The molecular formula is C21H21N3O2. The van der Waals surface area contributed by atoms with Crippen LogP contribution < -0.4 is 0 Å². The molecule has 0 unspecified atom stereocenters. The van der Waals surface area contributed by atoms with Gasteiger partial charge in [0, 0.05) is 17.7 Å². The lowest BCUT2D eigenvalue weighted by Gasteiger charge is -2.22. The molecule has 1 aliphatic rings. The van der Waals surface area contributed by atoms with Gasteiger partial charge in [-0.1, -0.05) is 52.7 Å². The summed E-state index contributed by atoms with van der Waals surface area (Å²) in [5.74, 6) is 1.10. The zero-order chi connectivity index (χ0) is 18.1. The Hall–Kier alpha value is -2.95. The average molecular weight is 347 g/mol. The second-order valence-electron chi connectivity index (χ2n) is 6.86. The van der Waals surface area contributed by atoms with Gasteiger partial charge in [0.15, 0.2) is 0 Å². The zero-order valence-electron chi connectivity index (χ0n) is 15.0. The third-order valence-corrected chi connectivity index (χ3v) is 4.74. The van der Waals surface area contributed by atoms with Crippen molar-refractivity contribution in [3.8, 4) is 11.4 Å². The van der Waals surface area contributed by atoms with Crippen LogP contribution in [0.1, 0.15) is 46.3 Å². The van der Waals surface area contributed by atoms with E-state index in [0.29, 0.717) is 18.3 Å². The van der Waals surface area contributed by atoms with E-state index in [1.54, 1.807) is 0 Å². The van der Waals surface area contributed by atoms with Crippen molar-refractivity contribution in [3.05, 3.63) is 71.1 Å². The van der Waals surface area contributed by atoms with Gasteiger partial charge in [0.1, 0.15) is 6.04 Å². The highest BCUT2D eigenvalue weighted by atomic mass is 16.5. The molecule has 0 saturated carbocycles. The third kappa shape index (κ3) is 3.12. The minimum absolute atomic E-state index is 0.0266. The maximum Gasteiger partial charge on any atom is 0.254 e.